The Bertz CT molecular complexity index is 1220. The van der Waals surface area contributed by atoms with Gasteiger partial charge in [-0.1, -0.05) is 48.0 Å². The molecule has 8 nitrogen and oxygen atoms in total. The molecule has 4 rings (SSSR count). The Morgan fingerprint density at radius 1 is 1.18 bits per heavy atom. The first-order chi connectivity index (χ1) is 19.4. The van der Waals surface area contributed by atoms with Gasteiger partial charge >= 0.3 is 0 Å². The summed E-state index contributed by atoms with van der Waals surface area (Å²) in [6, 6.07) is 14.9. The molecule has 1 atom stereocenters. The Kier molecular flexibility index (Phi) is 13.3. The molecule has 0 spiro atoms. The minimum atomic E-state index is -0.470. The molecule has 40 heavy (non-hydrogen) atoms. The molecule has 1 aliphatic rings. The van der Waals surface area contributed by atoms with E-state index in [9.17, 15) is 14.0 Å². The number of benzene rings is 2. The third kappa shape index (κ3) is 10.5. The molecular formula is C30H39ClFN5O3. The van der Waals surface area contributed by atoms with Gasteiger partial charge in [-0.15, -0.1) is 0 Å². The molecule has 0 bridgehead atoms. The van der Waals surface area contributed by atoms with Crippen molar-refractivity contribution in [1.82, 2.24) is 25.4 Å². The molecule has 2 N–H and O–H groups in total. The van der Waals surface area contributed by atoms with Gasteiger partial charge in [0.2, 0.25) is 12.3 Å². The number of nitrogens with zero attached hydrogens (tertiary/aromatic N) is 3. The summed E-state index contributed by atoms with van der Waals surface area (Å²) >= 11 is 5.60. The number of hydrogen-bond acceptors (Lipinski definition) is 6. The van der Waals surface area contributed by atoms with Crippen LogP contribution in [0.3, 0.4) is 0 Å². The van der Waals surface area contributed by atoms with Crippen LogP contribution in [0, 0.1) is 5.82 Å². The van der Waals surface area contributed by atoms with Crippen molar-refractivity contribution in [3.63, 3.8) is 0 Å². The highest BCUT2D eigenvalue weighted by Gasteiger charge is 2.15. The topological polar surface area (TPSA) is 86.8 Å². The number of nitrogens with one attached hydrogen (secondary N) is 2. The second-order valence-electron chi connectivity index (χ2n) is 9.93. The summed E-state index contributed by atoms with van der Waals surface area (Å²) in [7, 11) is 4.16. The molecule has 0 radical (unpaired) electrons. The molecule has 2 heterocycles. The van der Waals surface area contributed by atoms with Crippen molar-refractivity contribution in [2.45, 2.75) is 31.8 Å². The highest BCUT2D eigenvalue weighted by molar-refractivity contribution is 6.31. The molecule has 1 unspecified atom stereocenters. The molecule has 216 valence electrons. The maximum Gasteiger partial charge on any atom is 0.226 e. The van der Waals surface area contributed by atoms with Crippen LogP contribution in [0.4, 0.5) is 4.39 Å². The number of aromatic nitrogens is 1. The summed E-state index contributed by atoms with van der Waals surface area (Å²) in [5.74, 6) is -0.440. The molecule has 1 saturated heterocycles. The largest absolute Gasteiger partial charge is 0.379 e. The second kappa shape index (κ2) is 16.9. The lowest BCUT2D eigenvalue weighted by molar-refractivity contribution is -0.120. The summed E-state index contributed by atoms with van der Waals surface area (Å²) in [5, 5.41) is 7.77. The quantitative estimate of drug-likeness (QED) is 0.323. The van der Waals surface area contributed by atoms with Gasteiger partial charge in [0.15, 0.2) is 0 Å². The molecule has 2 aromatic carbocycles. The Morgan fingerprint density at radius 3 is 2.65 bits per heavy atom. The third-order valence-corrected chi connectivity index (χ3v) is 7.24. The van der Waals surface area contributed by atoms with Crippen LogP contribution < -0.4 is 10.6 Å². The average molecular weight is 572 g/mol. The monoisotopic (exact) mass is 571 g/mol. The van der Waals surface area contributed by atoms with Gasteiger partial charge in [-0.25, -0.2) is 4.39 Å². The summed E-state index contributed by atoms with van der Waals surface area (Å²) in [5.41, 5.74) is 1.38. The standard InChI is InChI=1S/C22H32N4O2.C8H7ClFNO/c1-25(2)21(8-5-9-26-10-12-28-13-11-26)17-24-22(27)15-20-14-18-6-3-4-7-19(18)16-23-20;9-8-6(4-11-5-12)2-1-3-7(8)10/h3-4,6-7,14,16,21H,5,8-13,15,17H2,1-2H3,(H,24,27);1-3,5H,4H2,(H,11,12). The lowest BCUT2D eigenvalue weighted by Crippen LogP contribution is -2.42. The van der Waals surface area contributed by atoms with E-state index in [0.29, 0.717) is 31.0 Å². The number of fused-ring (bicyclic) bond motifs is 1. The number of morpholine rings is 1. The number of hydrogen-bond donors (Lipinski definition) is 2. The Morgan fingerprint density at radius 2 is 1.93 bits per heavy atom. The van der Waals surface area contributed by atoms with Crippen molar-refractivity contribution in [2.75, 3.05) is 53.5 Å². The van der Waals surface area contributed by atoms with Crippen LogP contribution in [0.1, 0.15) is 24.1 Å². The van der Waals surface area contributed by atoms with Crippen LogP contribution in [-0.2, 0) is 27.3 Å². The first-order valence-electron chi connectivity index (χ1n) is 13.5. The maximum atomic E-state index is 12.8. The fraction of sp³-hybridized carbons (Fsp3) is 0.433. The van der Waals surface area contributed by atoms with E-state index in [1.165, 1.54) is 6.07 Å². The smallest absolute Gasteiger partial charge is 0.226 e. The maximum absolute atomic E-state index is 12.8. The zero-order valence-corrected chi connectivity index (χ0v) is 24.0. The summed E-state index contributed by atoms with van der Waals surface area (Å²) < 4.78 is 18.2. The first kappa shape index (κ1) is 31.4. The van der Waals surface area contributed by atoms with Crippen LogP contribution in [0.5, 0.6) is 0 Å². The minimum absolute atomic E-state index is 0.0304. The molecule has 10 heteroatoms. The molecule has 1 fully saturated rings. The normalized spacial score (nSPS) is 14.3. The van der Waals surface area contributed by atoms with Crippen molar-refractivity contribution >= 4 is 34.7 Å². The van der Waals surface area contributed by atoms with E-state index >= 15 is 0 Å². The van der Waals surface area contributed by atoms with E-state index in [4.69, 9.17) is 16.3 Å². The molecule has 1 aromatic heterocycles. The molecule has 1 aliphatic heterocycles. The van der Waals surface area contributed by atoms with Gasteiger partial charge in [-0.2, -0.15) is 0 Å². The number of amides is 2. The summed E-state index contributed by atoms with van der Waals surface area (Å²) in [4.78, 5) is 31.4. The zero-order chi connectivity index (χ0) is 28.7. The highest BCUT2D eigenvalue weighted by Crippen LogP contribution is 2.19. The summed E-state index contributed by atoms with van der Waals surface area (Å²) in [6.45, 7) is 5.77. The molecule has 3 aromatic rings. The minimum Gasteiger partial charge on any atom is -0.379 e. The van der Waals surface area contributed by atoms with Gasteiger partial charge in [0.05, 0.1) is 30.4 Å². The Balaban J connectivity index is 0.000000307. The van der Waals surface area contributed by atoms with Crippen LogP contribution >= 0.6 is 11.6 Å². The van der Waals surface area contributed by atoms with Gasteiger partial charge in [-0.05, 0) is 56.6 Å². The number of halogens is 2. The van der Waals surface area contributed by atoms with E-state index in [0.717, 1.165) is 62.2 Å². The van der Waals surface area contributed by atoms with Crippen molar-refractivity contribution < 1.29 is 18.7 Å². The van der Waals surface area contributed by atoms with Gasteiger partial charge in [-0.3, -0.25) is 19.5 Å². The lowest BCUT2D eigenvalue weighted by atomic mass is 10.1. The van der Waals surface area contributed by atoms with Crippen LogP contribution in [-0.4, -0.2) is 86.6 Å². The third-order valence-electron chi connectivity index (χ3n) is 6.82. The van der Waals surface area contributed by atoms with E-state index in [-0.39, 0.29) is 17.5 Å². The van der Waals surface area contributed by atoms with E-state index in [1.54, 1.807) is 12.1 Å². The number of ether oxygens (including phenoxy) is 1. The van der Waals surface area contributed by atoms with Crippen LogP contribution in [0.2, 0.25) is 5.02 Å². The average Bonchev–Trinajstić information content (AvgIpc) is 2.96. The molecule has 2 amide bonds. The highest BCUT2D eigenvalue weighted by atomic mass is 35.5. The number of carbonyl (C=O) groups is 2. The fourth-order valence-corrected chi connectivity index (χ4v) is 4.63. The van der Waals surface area contributed by atoms with Crippen molar-refractivity contribution in [1.29, 1.82) is 0 Å². The lowest BCUT2D eigenvalue weighted by Gasteiger charge is -2.29. The Labute approximate surface area is 240 Å². The second-order valence-corrected chi connectivity index (χ2v) is 10.3. The zero-order valence-electron chi connectivity index (χ0n) is 23.2. The first-order valence-corrected chi connectivity index (χ1v) is 13.9. The van der Waals surface area contributed by atoms with Gasteiger partial charge < -0.3 is 20.3 Å². The molecular weight excluding hydrogens is 533 g/mol. The van der Waals surface area contributed by atoms with Crippen molar-refractivity contribution in [3.05, 3.63) is 76.8 Å². The van der Waals surface area contributed by atoms with Gasteiger partial charge in [0, 0.05) is 43.8 Å². The van der Waals surface area contributed by atoms with Crippen molar-refractivity contribution in [2.24, 2.45) is 0 Å². The van der Waals surface area contributed by atoms with E-state index < -0.39 is 5.82 Å². The van der Waals surface area contributed by atoms with Crippen LogP contribution in [0.25, 0.3) is 10.8 Å². The molecule has 0 saturated carbocycles. The van der Waals surface area contributed by atoms with Gasteiger partial charge in [0.25, 0.3) is 0 Å². The summed E-state index contributed by atoms with van der Waals surface area (Å²) in [6.07, 6.45) is 4.90. The number of pyridine rings is 1. The number of carbonyl (C=O) groups excluding carboxylic acids is 2. The van der Waals surface area contributed by atoms with Gasteiger partial charge in [0.1, 0.15) is 5.82 Å². The SMILES string of the molecule is CN(C)C(CCCN1CCOCC1)CNC(=O)Cc1cc2ccccc2cn1.O=CNCc1cccc(F)c1Cl. The molecule has 0 aliphatic carbocycles. The predicted octanol–water partition coefficient (Wildman–Crippen LogP) is 3.66. The Hall–Kier alpha value is -3.11. The van der Waals surface area contributed by atoms with E-state index in [1.807, 2.05) is 30.5 Å². The van der Waals surface area contributed by atoms with Crippen LogP contribution in [0.15, 0.2) is 54.7 Å². The predicted molar refractivity (Wildman–Crippen MR) is 157 cm³/mol. The number of rotatable bonds is 12. The fourth-order valence-electron chi connectivity index (χ4n) is 4.44. The number of likely N-dealkylation sites (N-methyl/N-ethyl adjacent to an activating group) is 1. The van der Waals surface area contributed by atoms with Crippen molar-refractivity contribution in [3.8, 4) is 0 Å². The van der Waals surface area contributed by atoms with E-state index in [2.05, 4.69) is 45.6 Å².